The zero-order valence-corrected chi connectivity index (χ0v) is 14.7. The van der Waals surface area contributed by atoms with Gasteiger partial charge in [0.15, 0.2) is 0 Å². The first-order valence-electron chi connectivity index (χ1n) is 8.85. The van der Waals surface area contributed by atoms with Crippen LogP contribution in [0.3, 0.4) is 0 Å². The minimum Gasteiger partial charge on any atom is -0.303 e. The lowest BCUT2D eigenvalue weighted by Gasteiger charge is -2.39. The van der Waals surface area contributed by atoms with Crippen LogP contribution in [0.4, 0.5) is 0 Å². The van der Waals surface area contributed by atoms with E-state index in [1.165, 1.54) is 5.56 Å². The number of piperidine rings is 1. The van der Waals surface area contributed by atoms with Gasteiger partial charge in [-0.05, 0) is 43.9 Å². The molecule has 2 heterocycles. The number of carbonyl (C=O) groups excluding carboxylic acids is 1. The van der Waals surface area contributed by atoms with Gasteiger partial charge in [-0.25, -0.2) is 5.01 Å². The van der Waals surface area contributed by atoms with Crippen LogP contribution in [-0.4, -0.2) is 41.2 Å². The summed E-state index contributed by atoms with van der Waals surface area (Å²) in [5, 5.41) is 1.93. The summed E-state index contributed by atoms with van der Waals surface area (Å²) in [5.74, 6) is 0.122. The van der Waals surface area contributed by atoms with Gasteiger partial charge in [0, 0.05) is 38.4 Å². The van der Waals surface area contributed by atoms with Crippen molar-refractivity contribution < 1.29 is 4.79 Å². The van der Waals surface area contributed by atoms with Gasteiger partial charge in [0.25, 0.3) is 0 Å². The Morgan fingerprint density at radius 3 is 2.42 bits per heavy atom. The fourth-order valence-electron chi connectivity index (χ4n) is 3.60. The van der Waals surface area contributed by atoms with E-state index >= 15 is 0 Å². The molecular weight excluding hydrogens is 298 g/mol. The summed E-state index contributed by atoms with van der Waals surface area (Å²) in [7, 11) is 0. The van der Waals surface area contributed by atoms with Crippen molar-refractivity contribution in [2.45, 2.75) is 39.2 Å². The van der Waals surface area contributed by atoms with Crippen LogP contribution in [0.1, 0.15) is 31.0 Å². The lowest BCUT2D eigenvalue weighted by atomic mass is 10.0. The molecule has 0 N–H and O–H groups in total. The highest BCUT2D eigenvalue weighted by atomic mass is 16.2. The van der Waals surface area contributed by atoms with Crippen molar-refractivity contribution in [3.8, 4) is 0 Å². The Bertz CT molecular complexity index is 657. The van der Waals surface area contributed by atoms with E-state index in [0.29, 0.717) is 6.04 Å². The second-order valence-corrected chi connectivity index (χ2v) is 6.67. The first-order valence-corrected chi connectivity index (χ1v) is 8.85. The van der Waals surface area contributed by atoms with E-state index in [-0.39, 0.29) is 5.91 Å². The summed E-state index contributed by atoms with van der Waals surface area (Å²) in [6.07, 6.45) is 5.15. The molecule has 1 aromatic carbocycles. The van der Waals surface area contributed by atoms with Crippen molar-refractivity contribution in [2.75, 3.05) is 24.6 Å². The molecule has 1 amide bonds. The van der Waals surface area contributed by atoms with Gasteiger partial charge in [0.05, 0.1) is 6.04 Å². The number of carbonyl (C=O) groups is 1. The maximum Gasteiger partial charge on any atom is 0.238 e. The highest BCUT2D eigenvalue weighted by Crippen LogP contribution is 2.18. The van der Waals surface area contributed by atoms with Crippen LogP contribution in [0, 0.1) is 6.92 Å². The average Bonchev–Trinajstić information content (AvgIpc) is 3.01. The third-order valence-electron chi connectivity index (χ3n) is 4.94. The fraction of sp³-hybridized carbons (Fsp3) is 0.450. The quantitative estimate of drug-likeness (QED) is 0.845. The van der Waals surface area contributed by atoms with Gasteiger partial charge in [0.2, 0.25) is 5.91 Å². The molecule has 1 aliphatic rings. The Kier molecular flexibility index (Phi) is 5.36. The number of rotatable bonds is 5. The van der Waals surface area contributed by atoms with Crippen LogP contribution < -0.4 is 5.01 Å². The predicted molar refractivity (Wildman–Crippen MR) is 97.7 cm³/mol. The average molecular weight is 325 g/mol. The molecule has 2 aromatic rings. The Morgan fingerprint density at radius 2 is 1.83 bits per heavy atom. The molecule has 1 fully saturated rings. The number of amides is 1. The van der Waals surface area contributed by atoms with Crippen molar-refractivity contribution >= 4 is 5.91 Å². The van der Waals surface area contributed by atoms with Crippen LogP contribution in [0.2, 0.25) is 0 Å². The van der Waals surface area contributed by atoms with Crippen molar-refractivity contribution in [1.82, 2.24) is 9.58 Å². The maximum atomic E-state index is 12.2. The van der Waals surface area contributed by atoms with E-state index in [2.05, 4.69) is 35.2 Å². The Labute approximate surface area is 144 Å². The maximum absolute atomic E-state index is 12.2. The largest absolute Gasteiger partial charge is 0.303 e. The van der Waals surface area contributed by atoms with Crippen LogP contribution in [0.5, 0.6) is 0 Å². The van der Waals surface area contributed by atoms with Gasteiger partial charge in [0.1, 0.15) is 0 Å². The molecule has 128 valence electrons. The minimum absolute atomic E-state index is 0.122. The smallest absolute Gasteiger partial charge is 0.238 e. The second-order valence-electron chi connectivity index (χ2n) is 6.67. The summed E-state index contributed by atoms with van der Waals surface area (Å²) in [6.45, 7) is 6.93. The standard InChI is InChI=1S/C20H27N3O/c1-17-7-6-13-22(17)23(18(2)24)20-11-15-21(16-12-20)14-10-19-8-4-3-5-9-19/h3-9,13,20H,10-12,14-16H2,1-2H3. The SMILES string of the molecule is CC(=O)N(C1CCN(CCc2ccccc2)CC1)n1cccc1C. The summed E-state index contributed by atoms with van der Waals surface area (Å²) >= 11 is 0. The predicted octanol–water partition coefficient (Wildman–Crippen LogP) is 2.99. The number of likely N-dealkylation sites (tertiary alicyclic amines) is 1. The number of hydrogen-bond donors (Lipinski definition) is 0. The molecule has 3 rings (SSSR count). The van der Waals surface area contributed by atoms with Crippen molar-refractivity contribution in [3.63, 3.8) is 0 Å². The van der Waals surface area contributed by atoms with Crippen molar-refractivity contribution in [2.24, 2.45) is 0 Å². The zero-order chi connectivity index (χ0) is 16.9. The molecule has 0 radical (unpaired) electrons. The Hall–Kier alpha value is -2.07. The van der Waals surface area contributed by atoms with Gasteiger partial charge in [-0.2, -0.15) is 0 Å². The first-order chi connectivity index (χ1) is 11.6. The monoisotopic (exact) mass is 325 g/mol. The molecule has 0 bridgehead atoms. The molecular formula is C20H27N3O. The molecule has 4 nitrogen and oxygen atoms in total. The van der Waals surface area contributed by atoms with Gasteiger partial charge in [-0.1, -0.05) is 30.3 Å². The molecule has 0 saturated carbocycles. The van der Waals surface area contributed by atoms with Crippen molar-refractivity contribution in [3.05, 3.63) is 59.9 Å². The number of nitrogens with zero attached hydrogens (tertiary/aromatic N) is 3. The molecule has 0 spiro atoms. The summed E-state index contributed by atoms with van der Waals surface area (Å²) < 4.78 is 2.01. The molecule has 0 atom stereocenters. The van der Waals surface area contributed by atoms with E-state index < -0.39 is 0 Å². The second kappa shape index (κ2) is 7.67. The minimum atomic E-state index is 0.122. The van der Waals surface area contributed by atoms with Crippen molar-refractivity contribution in [1.29, 1.82) is 0 Å². The van der Waals surface area contributed by atoms with E-state index in [1.807, 2.05) is 34.9 Å². The molecule has 1 aromatic heterocycles. The van der Waals surface area contributed by atoms with Gasteiger partial charge in [-0.3, -0.25) is 9.47 Å². The number of aromatic nitrogens is 1. The van der Waals surface area contributed by atoms with Crippen LogP contribution in [0.15, 0.2) is 48.7 Å². The summed E-state index contributed by atoms with van der Waals surface area (Å²) in [6, 6.07) is 15.0. The normalized spacial score (nSPS) is 16.2. The van der Waals surface area contributed by atoms with E-state index in [0.717, 1.165) is 44.6 Å². The van der Waals surface area contributed by atoms with Gasteiger partial charge >= 0.3 is 0 Å². The number of benzene rings is 1. The lowest BCUT2D eigenvalue weighted by Crippen LogP contribution is -2.52. The van der Waals surface area contributed by atoms with E-state index in [9.17, 15) is 4.79 Å². The van der Waals surface area contributed by atoms with Gasteiger partial charge < -0.3 is 4.90 Å². The van der Waals surface area contributed by atoms with E-state index in [1.54, 1.807) is 6.92 Å². The summed E-state index contributed by atoms with van der Waals surface area (Å²) in [5.41, 5.74) is 2.50. The fourth-order valence-corrected chi connectivity index (χ4v) is 3.60. The third-order valence-corrected chi connectivity index (χ3v) is 4.94. The highest BCUT2D eigenvalue weighted by molar-refractivity contribution is 5.84. The molecule has 1 saturated heterocycles. The van der Waals surface area contributed by atoms with Crippen LogP contribution in [-0.2, 0) is 11.2 Å². The van der Waals surface area contributed by atoms with Crippen LogP contribution >= 0.6 is 0 Å². The molecule has 4 heteroatoms. The number of hydrogen-bond acceptors (Lipinski definition) is 2. The third kappa shape index (κ3) is 3.88. The topological polar surface area (TPSA) is 28.5 Å². The Morgan fingerprint density at radius 1 is 1.12 bits per heavy atom. The first kappa shape index (κ1) is 16.8. The summed E-state index contributed by atoms with van der Waals surface area (Å²) in [4.78, 5) is 14.7. The van der Waals surface area contributed by atoms with Gasteiger partial charge in [-0.15, -0.1) is 0 Å². The zero-order valence-electron chi connectivity index (χ0n) is 14.7. The number of aryl methyl sites for hydroxylation is 1. The molecule has 24 heavy (non-hydrogen) atoms. The van der Waals surface area contributed by atoms with E-state index in [4.69, 9.17) is 0 Å². The lowest BCUT2D eigenvalue weighted by molar-refractivity contribution is -0.119. The molecule has 0 aliphatic carbocycles. The molecule has 1 aliphatic heterocycles. The molecule has 0 unspecified atom stereocenters. The Balaban J connectivity index is 1.55. The van der Waals surface area contributed by atoms with Crippen LogP contribution in [0.25, 0.3) is 0 Å². The highest BCUT2D eigenvalue weighted by Gasteiger charge is 2.27.